The van der Waals surface area contributed by atoms with Crippen LogP contribution in [0.15, 0.2) is 27.4 Å². The highest BCUT2D eigenvalue weighted by molar-refractivity contribution is 9.10. The summed E-state index contributed by atoms with van der Waals surface area (Å²) in [5.41, 5.74) is 6.52. The zero-order valence-corrected chi connectivity index (χ0v) is 8.04. The molecule has 0 bridgehead atoms. The van der Waals surface area contributed by atoms with E-state index in [1.54, 1.807) is 18.2 Å². The summed E-state index contributed by atoms with van der Waals surface area (Å²) in [6.07, 6.45) is 0. The highest BCUT2D eigenvalue weighted by Gasteiger charge is 2.11. The molecule has 4 nitrogen and oxygen atoms in total. The largest absolute Gasteiger partial charge is 0.430 e. The second-order valence-electron chi connectivity index (χ2n) is 2.48. The predicted molar refractivity (Wildman–Crippen MR) is 50.2 cm³/mol. The fourth-order valence-corrected chi connectivity index (χ4v) is 1.47. The minimum Gasteiger partial charge on any atom is -0.430 e. The Balaban J connectivity index is 2.82. The number of amides is 1. The van der Waals surface area contributed by atoms with Gasteiger partial charge >= 0.3 is 0 Å². The van der Waals surface area contributed by atoms with Gasteiger partial charge in [0.15, 0.2) is 5.58 Å². The highest BCUT2D eigenvalue weighted by Crippen LogP contribution is 2.22. The lowest BCUT2D eigenvalue weighted by Crippen LogP contribution is -2.10. The lowest BCUT2D eigenvalue weighted by Gasteiger charge is -1.93. The Kier molecular flexibility index (Phi) is 1.81. The Bertz CT molecular complexity index is 478. The number of carbonyl (C=O) groups excluding carboxylic acids is 1. The summed E-state index contributed by atoms with van der Waals surface area (Å²) in [5.74, 6) is -0.519. The number of benzene rings is 1. The standard InChI is InChI=1S/C8H5BrN2O2/c9-8-11-5-3-1-2-4(7(10)12)6(5)13-8/h1-3H,(H2,10,12). The zero-order chi connectivity index (χ0) is 9.42. The van der Waals surface area contributed by atoms with Gasteiger partial charge in [0.2, 0.25) is 0 Å². The first kappa shape index (κ1) is 8.25. The Morgan fingerprint density at radius 3 is 3.00 bits per heavy atom. The summed E-state index contributed by atoms with van der Waals surface area (Å²) in [4.78, 5) is 15.3. The van der Waals surface area contributed by atoms with Crippen LogP contribution in [0.2, 0.25) is 0 Å². The molecule has 0 atom stereocenters. The van der Waals surface area contributed by atoms with Gasteiger partial charge in [-0.1, -0.05) is 6.07 Å². The van der Waals surface area contributed by atoms with Crippen LogP contribution >= 0.6 is 15.9 Å². The first-order valence-electron chi connectivity index (χ1n) is 3.53. The van der Waals surface area contributed by atoms with E-state index in [1.807, 2.05) is 0 Å². The van der Waals surface area contributed by atoms with Crippen LogP contribution in [0.4, 0.5) is 0 Å². The van der Waals surface area contributed by atoms with Gasteiger partial charge in [-0.3, -0.25) is 4.79 Å². The van der Waals surface area contributed by atoms with E-state index in [1.165, 1.54) is 0 Å². The van der Waals surface area contributed by atoms with Crippen LogP contribution < -0.4 is 5.73 Å². The average Bonchev–Trinajstić information content (AvgIpc) is 2.43. The number of fused-ring (bicyclic) bond motifs is 1. The lowest BCUT2D eigenvalue weighted by atomic mass is 10.2. The van der Waals surface area contributed by atoms with Gasteiger partial charge < -0.3 is 10.2 Å². The molecular weight excluding hydrogens is 236 g/mol. The molecule has 0 unspecified atom stereocenters. The summed E-state index contributed by atoms with van der Waals surface area (Å²) >= 11 is 3.08. The van der Waals surface area contributed by atoms with Crippen LogP contribution in [0, 0.1) is 0 Å². The van der Waals surface area contributed by atoms with Gasteiger partial charge in [0.05, 0.1) is 5.56 Å². The second kappa shape index (κ2) is 2.85. The number of nitrogens with zero attached hydrogens (tertiary/aromatic N) is 1. The molecule has 0 aliphatic carbocycles. The number of primary amides is 1. The quantitative estimate of drug-likeness (QED) is 0.825. The van der Waals surface area contributed by atoms with Gasteiger partial charge in [-0.25, -0.2) is 4.98 Å². The predicted octanol–water partition coefficient (Wildman–Crippen LogP) is 1.69. The topological polar surface area (TPSA) is 69.1 Å². The minimum atomic E-state index is -0.519. The van der Waals surface area contributed by atoms with Crippen molar-refractivity contribution in [3.63, 3.8) is 0 Å². The number of halogens is 1. The van der Waals surface area contributed by atoms with E-state index in [0.29, 0.717) is 21.5 Å². The number of carbonyl (C=O) groups is 1. The SMILES string of the molecule is NC(=O)c1cccc2nc(Br)oc12. The van der Waals surface area contributed by atoms with E-state index >= 15 is 0 Å². The van der Waals surface area contributed by atoms with Gasteiger partial charge in [-0.05, 0) is 12.1 Å². The van der Waals surface area contributed by atoms with E-state index in [9.17, 15) is 4.79 Å². The second-order valence-corrected chi connectivity index (χ2v) is 3.16. The molecule has 13 heavy (non-hydrogen) atoms. The Hall–Kier alpha value is -1.36. The number of hydrogen-bond donors (Lipinski definition) is 1. The molecule has 0 spiro atoms. The Labute approximate surface area is 81.9 Å². The Morgan fingerprint density at radius 2 is 2.31 bits per heavy atom. The maximum absolute atomic E-state index is 10.9. The van der Waals surface area contributed by atoms with E-state index in [-0.39, 0.29) is 0 Å². The fraction of sp³-hybridized carbons (Fsp3) is 0. The molecule has 0 radical (unpaired) electrons. The smallest absolute Gasteiger partial charge is 0.265 e. The molecule has 2 aromatic rings. The molecule has 0 fully saturated rings. The molecule has 66 valence electrons. The monoisotopic (exact) mass is 240 g/mol. The maximum Gasteiger partial charge on any atom is 0.265 e. The van der Waals surface area contributed by atoms with Crippen LogP contribution in [0.25, 0.3) is 11.1 Å². The van der Waals surface area contributed by atoms with Gasteiger partial charge in [0.1, 0.15) is 5.52 Å². The lowest BCUT2D eigenvalue weighted by molar-refractivity contribution is 0.100. The summed E-state index contributed by atoms with van der Waals surface area (Å²) < 4.78 is 5.17. The van der Waals surface area contributed by atoms with E-state index in [2.05, 4.69) is 20.9 Å². The molecule has 2 N–H and O–H groups in total. The molecule has 2 rings (SSSR count). The van der Waals surface area contributed by atoms with Crippen molar-refractivity contribution >= 4 is 32.9 Å². The van der Waals surface area contributed by atoms with Crippen LogP contribution in [0.1, 0.15) is 10.4 Å². The van der Waals surface area contributed by atoms with E-state index in [4.69, 9.17) is 10.2 Å². The number of hydrogen-bond acceptors (Lipinski definition) is 3. The maximum atomic E-state index is 10.9. The number of oxazole rings is 1. The molecule has 0 aliphatic rings. The molecule has 0 saturated heterocycles. The normalized spacial score (nSPS) is 10.5. The highest BCUT2D eigenvalue weighted by atomic mass is 79.9. The third-order valence-electron chi connectivity index (χ3n) is 1.65. The molecule has 1 aromatic carbocycles. The van der Waals surface area contributed by atoms with E-state index < -0.39 is 5.91 Å². The van der Waals surface area contributed by atoms with Gasteiger partial charge in [-0.15, -0.1) is 0 Å². The molecule has 0 saturated carbocycles. The summed E-state index contributed by atoms with van der Waals surface area (Å²) in [5, 5.41) is 0. The average molecular weight is 241 g/mol. The number of rotatable bonds is 1. The number of nitrogens with two attached hydrogens (primary N) is 1. The van der Waals surface area contributed by atoms with Crippen LogP contribution in [-0.2, 0) is 0 Å². The molecule has 1 amide bonds. The van der Waals surface area contributed by atoms with Crippen molar-refractivity contribution in [1.29, 1.82) is 0 Å². The zero-order valence-electron chi connectivity index (χ0n) is 6.45. The summed E-state index contributed by atoms with van der Waals surface area (Å²) in [7, 11) is 0. The van der Waals surface area contributed by atoms with Gasteiger partial charge in [0, 0.05) is 15.9 Å². The molecule has 1 heterocycles. The Morgan fingerprint density at radius 1 is 1.54 bits per heavy atom. The fourth-order valence-electron chi connectivity index (χ4n) is 1.12. The van der Waals surface area contributed by atoms with Crippen molar-refractivity contribution in [2.45, 2.75) is 0 Å². The van der Waals surface area contributed by atoms with Crippen molar-refractivity contribution in [2.75, 3.05) is 0 Å². The van der Waals surface area contributed by atoms with Gasteiger partial charge in [0.25, 0.3) is 10.7 Å². The van der Waals surface area contributed by atoms with Gasteiger partial charge in [-0.2, -0.15) is 0 Å². The molecule has 0 aliphatic heterocycles. The van der Waals surface area contributed by atoms with Crippen molar-refractivity contribution in [1.82, 2.24) is 4.98 Å². The molecular formula is C8H5BrN2O2. The van der Waals surface area contributed by atoms with Crippen molar-refractivity contribution in [2.24, 2.45) is 5.73 Å². The first-order chi connectivity index (χ1) is 6.18. The van der Waals surface area contributed by atoms with Crippen LogP contribution in [-0.4, -0.2) is 10.9 Å². The number of para-hydroxylation sites is 1. The molecule has 1 aromatic heterocycles. The van der Waals surface area contributed by atoms with E-state index in [0.717, 1.165) is 0 Å². The van der Waals surface area contributed by atoms with Crippen molar-refractivity contribution in [3.05, 3.63) is 28.6 Å². The minimum absolute atomic E-state index is 0.343. The number of aromatic nitrogens is 1. The third-order valence-corrected chi connectivity index (χ3v) is 1.99. The van der Waals surface area contributed by atoms with Crippen molar-refractivity contribution in [3.8, 4) is 0 Å². The van der Waals surface area contributed by atoms with Crippen LogP contribution in [0.5, 0.6) is 0 Å². The van der Waals surface area contributed by atoms with Crippen molar-refractivity contribution < 1.29 is 9.21 Å². The van der Waals surface area contributed by atoms with Crippen LogP contribution in [0.3, 0.4) is 0 Å². The summed E-state index contributed by atoms with van der Waals surface area (Å²) in [6.45, 7) is 0. The first-order valence-corrected chi connectivity index (χ1v) is 4.32. The molecule has 5 heteroatoms. The summed E-state index contributed by atoms with van der Waals surface area (Å²) in [6, 6.07) is 5.05. The third kappa shape index (κ3) is 1.31.